The largest absolute Gasteiger partial charge is 0.313 e. The Kier molecular flexibility index (Phi) is 5.13. The van der Waals surface area contributed by atoms with Crippen LogP contribution in [0.2, 0.25) is 5.02 Å². The van der Waals surface area contributed by atoms with Crippen LogP contribution in [0.15, 0.2) is 35.7 Å². The molecule has 6 nitrogen and oxygen atoms in total. The summed E-state index contributed by atoms with van der Waals surface area (Å²) < 4.78 is 0. The summed E-state index contributed by atoms with van der Waals surface area (Å²) in [5.74, 6) is -1.29. The molecule has 0 spiro atoms. The standard InChI is InChI=1S/C14H12ClN3O3S/c1-8(19)17-18-13(21)11-5-6-22-14(11)16-12(20)9-3-2-4-10(15)7-9/h2-7H,1H3,(H,16,20)(H,17,19)(H,18,21). The Hall–Kier alpha value is -2.38. The Bertz CT molecular complexity index is 730. The van der Waals surface area contributed by atoms with Gasteiger partial charge in [0.2, 0.25) is 5.91 Å². The Labute approximate surface area is 135 Å². The number of carbonyl (C=O) groups is 3. The van der Waals surface area contributed by atoms with Crippen LogP contribution in [-0.4, -0.2) is 17.7 Å². The average molecular weight is 338 g/mol. The predicted molar refractivity (Wildman–Crippen MR) is 85.0 cm³/mol. The van der Waals surface area contributed by atoms with Crippen LogP contribution in [-0.2, 0) is 4.79 Å². The molecule has 8 heteroatoms. The fourth-order valence-electron chi connectivity index (χ4n) is 1.60. The number of rotatable bonds is 3. The minimum absolute atomic E-state index is 0.258. The van der Waals surface area contributed by atoms with Crippen LogP contribution in [0.5, 0.6) is 0 Å². The summed E-state index contributed by atoms with van der Waals surface area (Å²) >= 11 is 7.04. The van der Waals surface area contributed by atoms with Crippen LogP contribution >= 0.6 is 22.9 Å². The van der Waals surface area contributed by atoms with E-state index in [4.69, 9.17) is 11.6 Å². The van der Waals surface area contributed by atoms with Gasteiger partial charge in [-0.25, -0.2) is 0 Å². The Morgan fingerprint density at radius 1 is 1.09 bits per heavy atom. The van der Waals surface area contributed by atoms with Crippen molar-refractivity contribution in [2.75, 3.05) is 5.32 Å². The third kappa shape index (κ3) is 4.06. The molecule has 0 aliphatic carbocycles. The smallest absolute Gasteiger partial charge is 0.272 e. The first-order valence-corrected chi connectivity index (χ1v) is 7.44. The fourth-order valence-corrected chi connectivity index (χ4v) is 2.57. The first kappa shape index (κ1) is 16.0. The Balaban J connectivity index is 2.11. The topological polar surface area (TPSA) is 87.3 Å². The first-order valence-electron chi connectivity index (χ1n) is 6.18. The molecule has 0 aliphatic heterocycles. The van der Waals surface area contributed by atoms with Crippen molar-refractivity contribution in [2.45, 2.75) is 6.92 Å². The average Bonchev–Trinajstić information content (AvgIpc) is 2.93. The molecule has 0 bridgehead atoms. The maximum atomic E-state index is 12.1. The molecule has 1 aromatic heterocycles. The van der Waals surface area contributed by atoms with Crippen LogP contribution in [0.3, 0.4) is 0 Å². The molecular weight excluding hydrogens is 326 g/mol. The lowest BCUT2D eigenvalue weighted by Gasteiger charge is -2.08. The van der Waals surface area contributed by atoms with E-state index in [9.17, 15) is 14.4 Å². The summed E-state index contributed by atoms with van der Waals surface area (Å²) in [4.78, 5) is 34.8. The van der Waals surface area contributed by atoms with Crippen LogP contribution in [0.25, 0.3) is 0 Å². The highest BCUT2D eigenvalue weighted by Crippen LogP contribution is 2.24. The number of hydrazine groups is 1. The highest BCUT2D eigenvalue weighted by Gasteiger charge is 2.16. The number of nitrogens with one attached hydrogen (secondary N) is 3. The van der Waals surface area contributed by atoms with Gasteiger partial charge in [0.1, 0.15) is 5.00 Å². The second-order valence-electron chi connectivity index (χ2n) is 4.26. The van der Waals surface area contributed by atoms with E-state index in [1.807, 2.05) is 0 Å². The third-order valence-corrected chi connectivity index (χ3v) is 3.64. The molecule has 0 atom stereocenters. The minimum Gasteiger partial charge on any atom is -0.313 e. The zero-order chi connectivity index (χ0) is 16.1. The van der Waals surface area contributed by atoms with Gasteiger partial charge in [-0.15, -0.1) is 11.3 Å². The van der Waals surface area contributed by atoms with Crippen LogP contribution in [0.4, 0.5) is 5.00 Å². The molecular formula is C14H12ClN3O3S. The minimum atomic E-state index is -0.516. The van der Waals surface area contributed by atoms with E-state index < -0.39 is 11.8 Å². The summed E-state index contributed by atoms with van der Waals surface area (Å²) in [6.45, 7) is 1.27. The van der Waals surface area contributed by atoms with Gasteiger partial charge < -0.3 is 5.32 Å². The molecule has 114 valence electrons. The molecule has 0 saturated heterocycles. The lowest BCUT2D eigenvalue weighted by molar-refractivity contribution is -0.119. The summed E-state index contributed by atoms with van der Waals surface area (Å²) in [6, 6.07) is 8.02. The normalized spacial score (nSPS) is 9.91. The number of thiophene rings is 1. The van der Waals surface area contributed by atoms with Gasteiger partial charge in [-0.05, 0) is 29.6 Å². The highest BCUT2D eigenvalue weighted by molar-refractivity contribution is 7.14. The van der Waals surface area contributed by atoms with Crippen molar-refractivity contribution in [2.24, 2.45) is 0 Å². The molecule has 0 saturated carbocycles. The second kappa shape index (κ2) is 7.06. The van der Waals surface area contributed by atoms with Crippen molar-refractivity contribution in [3.63, 3.8) is 0 Å². The fraction of sp³-hybridized carbons (Fsp3) is 0.0714. The van der Waals surface area contributed by atoms with Crippen LogP contribution in [0.1, 0.15) is 27.6 Å². The van der Waals surface area contributed by atoms with Gasteiger partial charge in [0, 0.05) is 17.5 Å². The van der Waals surface area contributed by atoms with Gasteiger partial charge in [-0.2, -0.15) is 0 Å². The molecule has 1 aromatic carbocycles. The van der Waals surface area contributed by atoms with Gasteiger partial charge in [-0.3, -0.25) is 25.2 Å². The molecule has 0 aliphatic rings. The summed E-state index contributed by atoms with van der Waals surface area (Å²) in [5, 5.41) is 5.14. The van der Waals surface area contributed by atoms with E-state index in [0.29, 0.717) is 15.6 Å². The molecule has 0 radical (unpaired) electrons. The third-order valence-electron chi connectivity index (χ3n) is 2.58. The molecule has 1 heterocycles. The molecule has 22 heavy (non-hydrogen) atoms. The number of hydrogen-bond donors (Lipinski definition) is 3. The molecule has 0 unspecified atom stereocenters. The van der Waals surface area contributed by atoms with Crippen molar-refractivity contribution >= 4 is 45.7 Å². The molecule has 2 aromatic rings. The zero-order valence-corrected chi connectivity index (χ0v) is 13.0. The SMILES string of the molecule is CC(=O)NNC(=O)c1ccsc1NC(=O)c1cccc(Cl)c1. The molecule has 0 fully saturated rings. The van der Waals surface area contributed by atoms with E-state index in [-0.39, 0.29) is 11.5 Å². The van der Waals surface area contributed by atoms with Gasteiger partial charge in [-0.1, -0.05) is 17.7 Å². The van der Waals surface area contributed by atoms with Crippen molar-refractivity contribution in [1.29, 1.82) is 0 Å². The van der Waals surface area contributed by atoms with Crippen LogP contribution < -0.4 is 16.2 Å². The van der Waals surface area contributed by atoms with E-state index >= 15 is 0 Å². The number of carbonyl (C=O) groups excluding carboxylic acids is 3. The molecule has 3 N–H and O–H groups in total. The number of hydrogen-bond acceptors (Lipinski definition) is 4. The highest BCUT2D eigenvalue weighted by atomic mass is 35.5. The quantitative estimate of drug-likeness (QED) is 0.752. The Morgan fingerprint density at radius 2 is 1.86 bits per heavy atom. The van der Waals surface area contributed by atoms with E-state index in [2.05, 4.69) is 16.2 Å². The summed E-state index contributed by atoms with van der Waals surface area (Å²) in [5.41, 5.74) is 5.07. The maximum Gasteiger partial charge on any atom is 0.272 e. The summed E-state index contributed by atoms with van der Waals surface area (Å²) in [6.07, 6.45) is 0. The molecule has 2 rings (SSSR count). The van der Waals surface area contributed by atoms with Crippen molar-refractivity contribution in [3.05, 3.63) is 51.9 Å². The zero-order valence-electron chi connectivity index (χ0n) is 11.5. The van der Waals surface area contributed by atoms with Crippen molar-refractivity contribution < 1.29 is 14.4 Å². The monoisotopic (exact) mass is 337 g/mol. The van der Waals surface area contributed by atoms with E-state index in [1.54, 1.807) is 29.6 Å². The first-order chi connectivity index (χ1) is 10.5. The summed E-state index contributed by atoms with van der Waals surface area (Å²) in [7, 11) is 0. The van der Waals surface area contributed by atoms with Gasteiger partial charge in [0.05, 0.1) is 5.56 Å². The van der Waals surface area contributed by atoms with Gasteiger partial charge >= 0.3 is 0 Å². The lowest BCUT2D eigenvalue weighted by atomic mass is 10.2. The predicted octanol–water partition coefficient (Wildman–Crippen LogP) is 2.43. The van der Waals surface area contributed by atoms with E-state index in [0.717, 1.165) is 0 Å². The Morgan fingerprint density at radius 3 is 2.55 bits per heavy atom. The lowest BCUT2D eigenvalue weighted by Crippen LogP contribution is -2.40. The number of amides is 3. The van der Waals surface area contributed by atoms with Gasteiger partial charge in [0.15, 0.2) is 0 Å². The number of anilines is 1. The van der Waals surface area contributed by atoms with E-state index in [1.165, 1.54) is 24.3 Å². The van der Waals surface area contributed by atoms with Crippen LogP contribution in [0, 0.1) is 0 Å². The number of halogens is 1. The maximum absolute atomic E-state index is 12.1. The van der Waals surface area contributed by atoms with Crippen molar-refractivity contribution in [1.82, 2.24) is 10.9 Å². The molecule has 3 amide bonds. The second-order valence-corrected chi connectivity index (χ2v) is 5.62. The van der Waals surface area contributed by atoms with Crippen molar-refractivity contribution in [3.8, 4) is 0 Å². The number of benzene rings is 1. The van der Waals surface area contributed by atoms with Gasteiger partial charge in [0.25, 0.3) is 11.8 Å².